The molecule has 6 heterocycles. The Morgan fingerprint density at radius 3 is 1.66 bits per heavy atom. The first-order chi connectivity index (χ1) is 25.6. The smallest absolute Gasteiger partial charge is 0.228 e. The summed E-state index contributed by atoms with van der Waals surface area (Å²) >= 11 is 9.76. The Kier molecular flexibility index (Phi) is 11.3. The Balaban J connectivity index is 0.000000164. The van der Waals surface area contributed by atoms with E-state index in [0.29, 0.717) is 29.0 Å². The SMILES string of the molecule is CC(=O)c1ccc(N2CCN(Sc3cc4c(cc3Cl)NC(=O)C4)CC2)nc1.CC(=O)c1ccc(N2CCN(Sc3ccc4c(c3)CC(=O)N4)CC2)nc1. The van der Waals surface area contributed by atoms with Crippen LogP contribution in [0.5, 0.6) is 0 Å². The molecule has 0 spiro atoms. The summed E-state index contributed by atoms with van der Waals surface area (Å²) in [7, 11) is 0. The fraction of sp³-hybridized carbons (Fsp3) is 0.316. The largest absolute Gasteiger partial charge is 0.354 e. The van der Waals surface area contributed by atoms with Crippen molar-refractivity contribution in [2.45, 2.75) is 36.5 Å². The Bertz CT molecular complexity index is 2030. The molecule has 0 aliphatic carbocycles. The molecule has 0 bridgehead atoms. The molecule has 4 aromatic rings. The zero-order valence-electron chi connectivity index (χ0n) is 29.4. The Hall–Kier alpha value is -4.47. The Morgan fingerprint density at radius 1 is 0.642 bits per heavy atom. The monoisotopic (exact) mass is 770 g/mol. The van der Waals surface area contributed by atoms with Gasteiger partial charge in [0.15, 0.2) is 11.6 Å². The Morgan fingerprint density at radius 2 is 1.15 bits per heavy atom. The van der Waals surface area contributed by atoms with Crippen molar-refractivity contribution in [1.29, 1.82) is 0 Å². The predicted molar refractivity (Wildman–Crippen MR) is 210 cm³/mol. The van der Waals surface area contributed by atoms with Crippen LogP contribution in [0.3, 0.4) is 0 Å². The number of hydrogen-bond acceptors (Lipinski definition) is 12. The van der Waals surface area contributed by atoms with Gasteiger partial charge in [-0.05, 0) is 103 Å². The molecular formula is C38H39ClN8O4S2. The maximum atomic E-state index is 11.5. The van der Waals surface area contributed by atoms with Crippen LogP contribution in [0.25, 0.3) is 0 Å². The molecule has 0 radical (unpaired) electrons. The van der Waals surface area contributed by atoms with Crippen LogP contribution in [0.2, 0.25) is 5.02 Å². The highest BCUT2D eigenvalue weighted by atomic mass is 35.5. The van der Waals surface area contributed by atoms with Crippen molar-refractivity contribution in [2.24, 2.45) is 0 Å². The van der Waals surface area contributed by atoms with Crippen LogP contribution in [-0.4, -0.2) is 94.3 Å². The lowest BCUT2D eigenvalue weighted by atomic mass is 10.2. The van der Waals surface area contributed by atoms with Crippen LogP contribution < -0.4 is 20.4 Å². The third kappa shape index (κ3) is 9.02. The number of rotatable bonds is 8. The second-order valence-corrected chi connectivity index (χ2v) is 15.9. The van der Waals surface area contributed by atoms with Gasteiger partial charge in [-0.1, -0.05) is 11.6 Å². The highest BCUT2D eigenvalue weighted by Gasteiger charge is 2.24. The van der Waals surface area contributed by atoms with Gasteiger partial charge in [-0.2, -0.15) is 0 Å². The number of nitrogens with zero attached hydrogens (tertiary/aromatic N) is 6. The highest BCUT2D eigenvalue weighted by Crippen LogP contribution is 2.37. The molecular weight excluding hydrogens is 732 g/mol. The van der Waals surface area contributed by atoms with Crippen molar-refractivity contribution in [2.75, 3.05) is 72.8 Å². The van der Waals surface area contributed by atoms with Crippen molar-refractivity contribution in [3.8, 4) is 0 Å². The van der Waals surface area contributed by atoms with Gasteiger partial charge in [0.25, 0.3) is 0 Å². The van der Waals surface area contributed by atoms with E-state index in [0.717, 1.165) is 96.3 Å². The average Bonchev–Trinajstić information content (AvgIpc) is 3.72. The lowest BCUT2D eigenvalue weighted by Gasteiger charge is -2.34. The van der Waals surface area contributed by atoms with Crippen LogP contribution in [0.15, 0.2) is 76.8 Å². The van der Waals surface area contributed by atoms with E-state index in [2.05, 4.69) is 51.1 Å². The first-order valence-electron chi connectivity index (χ1n) is 17.4. The number of fused-ring (bicyclic) bond motifs is 2. The molecule has 15 heteroatoms. The van der Waals surface area contributed by atoms with Crippen molar-refractivity contribution >= 4 is 81.9 Å². The number of aromatic nitrogens is 2. The maximum absolute atomic E-state index is 11.5. The third-order valence-electron chi connectivity index (χ3n) is 9.38. The zero-order chi connectivity index (χ0) is 37.1. The summed E-state index contributed by atoms with van der Waals surface area (Å²) in [5.74, 6) is 1.96. The van der Waals surface area contributed by atoms with E-state index in [1.54, 1.807) is 50.1 Å². The summed E-state index contributed by atoms with van der Waals surface area (Å²) < 4.78 is 4.62. The van der Waals surface area contributed by atoms with E-state index in [-0.39, 0.29) is 23.4 Å². The van der Waals surface area contributed by atoms with Gasteiger partial charge in [-0.25, -0.2) is 18.6 Å². The lowest BCUT2D eigenvalue weighted by Crippen LogP contribution is -2.43. The minimum atomic E-state index is 0.0140. The van der Waals surface area contributed by atoms with Gasteiger partial charge >= 0.3 is 0 Å². The maximum Gasteiger partial charge on any atom is 0.228 e. The zero-order valence-corrected chi connectivity index (χ0v) is 31.8. The van der Waals surface area contributed by atoms with Gasteiger partial charge in [0.2, 0.25) is 11.8 Å². The van der Waals surface area contributed by atoms with E-state index >= 15 is 0 Å². The molecule has 12 nitrogen and oxygen atoms in total. The van der Waals surface area contributed by atoms with Gasteiger partial charge < -0.3 is 20.4 Å². The van der Waals surface area contributed by atoms with Crippen LogP contribution in [-0.2, 0) is 22.4 Å². The number of pyridine rings is 2. The topological polar surface area (TPSA) is 131 Å². The number of carbonyl (C=O) groups is 4. The quantitative estimate of drug-likeness (QED) is 0.164. The summed E-state index contributed by atoms with van der Waals surface area (Å²) in [6.45, 7) is 10.2. The first kappa shape index (κ1) is 36.9. The number of piperazine rings is 2. The van der Waals surface area contributed by atoms with E-state index < -0.39 is 0 Å². The number of hydrogen-bond donors (Lipinski definition) is 2. The van der Waals surface area contributed by atoms with E-state index in [1.807, 2.05) is 42.5 Å². The number of nitrogens with one attached hydrogen (secondary N) is 2. The summed E-state index contributed by atoms with van der Waals surface area (Å²) in [6.07, 6.45) is 4.17. The second kappa shape index (κ2) is 16.3. The van der Waals surface area contributed by atoms with Crippen molar-refractivity contribution in [1.82, 2.24) is 18.6 Å². The van der Waals surface area contributed by atoms with Gasteiger partial charge in [0.1, 0.15) is 11.6 Å². The molecule has 2 fully saturated rings. The normalized spacial score (nSPS) is 17.0. The van der Waals surface area contributed by atoms with Crippen molar-refractivity contribution in [3.63, 3.8) is 0 Å². The van der Waals surface area contributed by atoms with Crippen molar-refractivity contribution < 1.29 is 19.2 Å². The number of carbonyl (C=O) groups excluding carboxylic acids is 4. The highest BCUT2D eigenvalue weighted by molar-refractivity contribution is 7.97. The summed E-state index contributed by atoms with van der Waals surface area (Å²) in [4.78, 5) is 61.2. The second-order valence-electron chi connectivity index (χ2n) is 13.1. The molecule has 2 amide bonds. The average molecular weight is 771 g/mol. The molecule has 274 valence electrons. The van der Waals surface area contributed by atoms with Crippen LogP contribution in [0, 0.1) is 0 Å². The summed E-state index contributed by atoms with van der Waals surface area (Å²) in [5, 5.41) is 6.35. The minimum Gasteiger partial charge on any atom is -0.354 e. The van der Waals surface area contributed by atoms with Crippen LogP contribution in [0.4, 0.5) is 23.0 Å². The van der Waals surface area contributed by atoms with Crippen LogP contribution in [0.1, 0.15) is 45.7 Å². The van der Waals surface area contributed by atoms with Gasteiger partial charge in [0, 0.05) is 97.0 Å². The molecule has 0 saturated carbocycles. The molecule has 0 atom stereocenters. The number of amides is 2. The number of ketones is 2. The fourth-order valence-corrected chi connectivity index (χ4v) is 8.63. The van der Waals surface area contributed by atoms with E-state index in [4.69, 9.17) is 11.6 Å². The van der Waals surface area contributed by atoms with Gasteiger partial charge in [-0.3, -0.25) is 19.2 Å². The predicted octanol–water partition coefficient (Wildman–Crippen LogP) is 5.87. The molecule has 8 rings (SSSR count). The molecule has 4 aliphatic rings. The summed E-state index contributed by atoms with van der Waals surface area (Å²) in [5.41, 5.74) is 5.11. The number of halogens is 1. The molecule has 2 N–H and O–H groups in total. The van der Waals surface area contributed by atoms with Gasteiger partial charge in [0.05, 0.1) is 17.9 Å². The van der Waals surface area contributed by atoms with Gasteiger partial charge in [-0.15, -0.1) is 0 Å². The number of benzene rings is 2. The number of Topliss-reactive ketones (excluding diaryl/α,β-unsaturated/α-hetero) is 2. The summed E-state index contributed by atoms with van der Waals surface area (Å²) in [6, 6.07) is 17.5. The van der Waals surface area contributed by atoms with Crippen LogP contribution >= 0.6 is 35.5 Å². The molecule has 4 aliphatic heterocycles. The van der Waals surface area contributed by atoms with E-state index in [1.165, 1.54) is 0 Å². The third-order valence-corrected chi connectivity index (χ3v) is 12.1. The molecule has 2 aromatic carbocycles. The molecule has 0 unspecified atom stereocenters. The number of anilines is 4. The first-order valence-corrected chi connectivity index (χ1v) is 19.3. The lowest BCUT2D eigenvalue weighted by molar-refractivity contribution is -0.115. The molecule has 2 aromatic heterocycles. The fourth-order valence-electron chi connectivity index (χ4n) is 6.43. The molecule has 2 saturated heterocycles. The minimum absolute atomic E-state index is 0.0140. The van der Waals surface area contributed by atoms with Crippen molar-refractivity contribution in [3.05, 3.63) is 94.3 Å². The Labute approximate surface area is 321 Å². The van der Waals surface area contributed by atoms with E-state index in [9.17, 15) is 19.2 Å². The standard InChI is InChI=1S/C19H19ClN4O2S.C19H20N4O2S/c1-12(25)13-2-3-18(21-11-13)23-4-6-24(7-5-23)27-17-8-14-9-19(26)22-16(14)10-15(17)20;1-13(24)14-2-5-18(20-12-14)22-6-8-23(9-7-22)26-16-3-4-17-15(10-16)11-19(25)21-17/h2-3,8,10-11H,4-7,9H2,1H3,(H,22,26);2-5,10,12H,6-9,11H2,1H3,(H,21,25). The molecule has 53 heavy (non-hydrogen) atoms.